The summed E-state index contributed by atoms with van der Waals surface area (Å²) in [6.45, 7) is 3.55. The van der Waals surface area contributed by atoms with Gasteiger partial charge in [-0.05, 0) is 38.4 Å². The van der Waals surface area contributed by atoms with Crippen LogP contribution in [0.15, 0.2) is 18.2 Å². The molecule has 5 heteroatoms. The third-order valence-electron chi connectivity index (χ3n) is 3.83. The summed E-state index contributed by atoms with van der Waals surface area (Å²) in [7, 11) is 1.66. The van der Waals surface area contributed by atoms with Crippen LogP contribution in [0.3, 0.4) is 0 Å². The van der Waals surface area contributed by atoms with E-state index in [0.29, 0.717) is 6.54 Å². The molecule has 0 N–H and O–H groups in total. The average Bonchev–Trinajstić information content (AvgIpc) is 2.38. The maximum absolute atomic E-state index is 13.6. The molecule has 0 saturated carbocycles. The van der Waals surface area contributed by atoms with Gasteiger partial charge in [0.2, 0.25) is 0 Å². The Morgan fingerprint density at radius 3 is 2.85 bits per heavy atom. The zero-order valence-electron chi connectivity index (χ0n) is 11.8. The minimum atomic E-state index is -0.804. The summed E-state index contributed by atoms with van der Waals surface area (Å²) in [5, 5.41) is 0. The molecule has 3 nitrogen and oxygen atoms in total. The number of methoxy groups -OCH3 is 1. The number of piperidine rings is 1. The molecule has 0 radical (unpaired) electrons. The van der Waals surface area contributed by atoms with Crippen molar-refractivity contribution >= 4 is 5.78 Å². The molecule has 1 fully saturated rings. The van der Waals surface area contributed by atoms with E-state index in [4.69, 9.17) is 4.74 Å². The highest BCUT2D eigenvalue weighted by molar-refractivity contribution is 5.97. The molecule has 0 aromatic heterocycles. The van der Waals surface area contributed by atoms with Crippen molar-refractivity contribution in [2.75, 3.05) is 26.7 Å². The van der Waals surface area contributed by atoms with Crippen LogP contribution in [0.5, 0.6) is 0 Å². The van der Waals surface area contributed by atoms with E-state index in [2.05, 4.69) is 0 Å². The summed E-state index contributed by atoms with van der Waals surface area (Å²) in [4.78, 5) is 14.1. The Balaban J connectivity index is 2.04. The number of likely N-dealkylation sites (tertiary alicyclic amines) is 1. The number of rotatable bonds is 4. The van der Waals surface area contributed by atoms with E-state index in [1.807, 2.05) is 11.8 Å². The lowest BCUT2D eigenvalue weighted by molar-refractivity contribution is -0.0485. The molecule has 0 aliphatic carbocycles. The standard InChI is InChI=1S/C15H19F2NO2/c1-15(20-2)6-3-7-18(10-15)9-14(19)12-5-4-11(16)8-13(12)17/h4-5,8H,3,6-7,9-10H2,1-2H3. The van der Waals surface area contributed by atoms with Crippen LogP contribution in [0.2, 0.25) is 0 Å². The van der Waals surface area contributed by atoms with Gasteiger partial charge in [-0.1, -0.05) is 0 Å². The number of halogens is 2. The largest absolute Gasteiger partial charge is 0.377 e. The van der Waals surface area contributed by atoms with Crippen molar-refractivity contribution in [1.29, 1.82) is 0 Å². The highest BCUT2D eigenvalue weighted by atomic mass is 19.1. The van der Waals surface area contributed by atoms with Crippen molar-refractivity contribution in [2.45, 2.75) is 25.4 Å². The fourth-order valence-electron chi connectivity index (χ4n) is 2.61. The number of nitrogens with zero attached hydrogens (tertiary/aromatic N) is 1. The van der Waals surface area contributed by atoms with Crippen molar-refractivity contribution in [1.82, 2.24) is 4.90 Å². The Morgan fingerprint density at radius 2 is 2.20 bits per heavy atom. The number of ketones is 1. The molecular weight excluding hydrogens is 264 g/mol. The van der Waals surface area contributed by atoms with Gasteiger partial charge in [0.1, 0.15) is 11.6 Å². The maximum Gasteiger partial charge on any atom is 0.179 e. The number of ether oxygens (including phenoxy) is 1. The summed E-state index contributed by atoms with van der Waals surface area (Å²) < 4.78 is 31.9. The summed E-state index contributed by atoms with van der Waals surface area (Å²) in [6, 6.07) is 3.04. The first-order valence-electron chi connectivity index (χ1n) is 6.69. The molecule has 1 aromatic carbocycles. The zero-order valence-corrected chi connectivity index (χ0v) is 11.8. The Bertz CT molecular complexity index is 507. The number of Topliss-reactive ketones (excluding diaryl/α,β-unsaturated/α-hetero) is 1. The normalized spacial score (nSPS) is 23.8. The maximum atomic E-state index is 13.6. The highest BCUT2D eigenvalue weighted by Gasteiger charge is 2.31. The number of hydrogen-bond donors (Lipinski definition) is 0. The van der Waals surface area contributed by atoms with Gasteiger partial charge in [-0.15, -0.1) is 0 Å². The molecule has 1 unspecified atom stereocenters. The summed E-state index contributed by atoms with van der Waals surface area (Å²) in [5.74, 6) is -1.81. The Hall–Kier alpha value is -1.33. The second kappa shape index (κ2) is 5.97. The molecule has 1 aliphatic rings. The minimum absolute atomic E-state index is 0.0592. The van der Waals surface area contributed by atoms with Gasteiger partial charge in [-0.2, -0.15) is 0 Å². The topological polar surface area (TPSA) is 29.5 Å². The van der Waals surface area contributed by atoms with Gasteiger partial charge < -0.3 is 4.74 Å². The van der Waals surface area contributed by atoms with E-state index in [1.165, 1.54) is 6.07 Å². The van der Waals surface area contributed by atoms with E-state index in [9.17, 15) is 13.6 Å². The van der Waals surface area contributed by atoms with Crippen molar-refractivity contribution in [2.24, 2.45) is 0 Å². The van der Waals surface area contributed by atoms with Gasteiger partial charge in [-0.25, -0.2) is 8.78 Å². The average molecular weight is 283 g/mol. The molecule has 1 atom stereocenters. The monoisotopic (exact) mass is 283 g/mol. The Kier molecular flexibility index (Phi) is 4.50. The number of benzene rings is 1. The van der Waals surface area contributed by atoms with Gasteiger partial charge in [0.15, 0.2) is 5.78 Å². The summed E-state index contributed by atoms with van der Waals surface area (Å²) >= 11 is 0. The lowest BCUT2D eigenvalue weighted by Crippen LogP contribution is -2.48. The molecule has 1 heterocycles. The summed E-state index contributed by atoms with van der Waals surface area (Å²) in [6.07, 6.45) is 1.88. The molecule has 1 aromatic rings. The first kappa shape index (κ1) is 15.1. The molecule has 20 heavy (non-hydrogen) atoms. The van der Waals surface area contributed by atoms with E-state index in [0.717, 1.165) is 31.5 Å². The predicted octanol–water partition coefficient (Wildman–Crippen LogP) is 2.65. The van der Waals surface area contributed by atoms with E-state index < -0.39 is 11.6 Å². The SMILES string of the molecule is COC1(C)CCCN(CC(=O)c2ccc(F)cc2F)C1. The molecule has 2 rings (SSSR count). The predicted molar refractivity (Wildman–Crippen MR) is 71.8 cm³/mol. The van der Waals surface area contributed by atoms with E-state index >= 15 is 0 Å². The van der Waals surface area contributed by atoms with Crippen LogP contribution in [-0.2, 0) is 4.74 Å². The lowest BCUT2D eigenvalue weighted by Gasteiger charge is -2.39. The van der Waals surface area contributed by atoms with E-state index in [-0.39, 0.29) is 23.5 Å². The second-order valence-electron chi connectivity index (χ2n) is 5.52. The third kappa shape index (κ3) is 3.41. The van der Waals surface area contributed by atoms with Gasteiger partial charge >= 0.3 is 0 Å². The number of carbonyl (C=O) groups excluding carboxylic acids is 1. The minimum Gasteiger partial charge on any atom is -0.377 e. The highest BCUT2D eigenvalue weighted by Crippen LogP contribution is 2.24. The molecule has 110 valence electrons. The van der Waals surface area contributed by atoms with Gasteiger partial charge in [-0.3, -0.25) is 9.69 Å². The zero-order chi connectivity index (χ0) is 14.8. The quantitative estimate of drug-likeness (QED) is 0.796. The lowest BCUT2D eigenvalue weighted by atomic mass is 9.94. The number of hydrogen-bond acceptors (Lipinski definition) is 3. The molecular formula is C15H19F2NO2. The second-order valence-corrected chi connectivity index (χ2v) is 5.52. The van der Waals surface area contributed by atoms with Crippen LogP contribution in [0, 0.1) is 11.6 Å². The molecule has 1 saturated heterocycles. The number of carbonyl (C=O) groups is 1. The smallest absolute Gasteiger partial charge is 0.179 e. The first-order valence-corrected chi connectivity index (χ1v) is 6.69. The van der Waals surface area contributed by atoms with Crippen molar-refractivity contribution in [3.05, 3.63) is 35.4 Å². The van der Waals surface area contributed by atoms with Gasteiger partial charge in [0.25, 0.3) is 0 Å². The summed E-state index contributed by atoms with van der Waals surface area (Å²) in [5.41, 5.74) is -0.323. The first-order chi connectivity index (χ1) is 9.43. The van der Waals surface area contributed by atoms with Crippen LogP contribution in [0.4, 0.5) is 8.78 Å². The third-order valence-corrected chi connectivity index (χ3v) is 3.83. The molecule has 0 amide bonds. The van der Waals surface area contributed by atoms with Crippen molar-refractivity contribution in [3.8, 4) is 0 Å². The van der Waals surface area contributed by atoms with Crippen LogP contribution in [-0.4, -0.2) is 43.0 Å². The van der Waals surface area contributed by atoms with E-state index in [1.54, 1.807) is 7.11 Å². The van der Waals surface area contributed by atoms with Crippen LogP contribution < -0.4 is 0 Å². The van der Waals surface area contributed by atoms with Crippen LogP contribution >= 0.6 is 0 Å². The fourth-order valence-corrected chi connectivity index (χ4v) is 2.61. The van der Waals surface area contributed by atoms with Gasteiger partial charge in [0, 0.05) is 19.7 Å². The molecule has 1 aliphatic heterocycles. The van der Waals surface area contributed by atoms with Crippen molar-refractivity contribution in [3.63, 3.8) is 0 Å². The van der Waals surface area contributed by atoms with Crippen LogP contribution in [0.1, 0.15) is 30.1 Å². The molecule has 0 bridgehead atoms. The Morgan fingerprint density at radius 1 is 1.45 bits per heavy atom. The van der Waals surface area contributed by atoms with Crippen LogP contribution in [0.25, 0.3) is 0 Å². The van der Waals surface area contributed by atoms with Gasteiger partial charge in [0.05, 0.1) is 17.7 Å². The van der Waals surface area contributed by atoms with Crippen molar-refractivity contribution < 1.29 is 18.3 Å². The fraction of sp³-hybridized carbons (Fsp3) is 0.533. The molecule has 0 spiro atoms. The Labute approximate surface area is 117 Å².